The minimum atomic E-state index is -0.672. The van der Waals surface area contributed by atoms with Gasteiger partial charge in [0.05, 0.1) is 12.1 Å². The van der Waals surface area contributed by atoms with Crippen molar-refractivity contribution in [3.05, 3.63) is 48.6 Å². The van der Waals surface area contributed by atoms with E-state index in [1.165, 1.54) is 0 Å². The minimum absolute atomic E-state index is 0.368. The van der Waals surface area contributed by atoms with Crippen LogP contribution in [0.1, 0.15) is 39.7 Å². The second-order valence-electron chi connectivity index (χ2n) is 6.43. The van der Waals surface area contributed by atoms with E-state index < -0.39 is 17.8 Å². The molecule has 1 N–H and O–H groups in total. The lowest BCUT2D eigenvalue weighted by atomic mass is 10.1. The summed E-state index contributed by atoms with van der Waals surface area (Å²) in [7, 11) is 0. The maximum atomic E-state index is 12.5. The van der Waals surface area contributed by atoms with Crippen molar-refractivity contribution >= 4 is 6.09 Å². The average Bonchev–Trinajstić information content (AvgIpc) is 2.43. The summed E-state index contributed by atoms with van der Waals surface area (Å²) in [6.07, 6.45) is 0.979. The van der Waals surface area contributed by atoms with Crippen molar-refractivity contribution in [2.75, 3.05) is 0 Å². The van der Waals surface area contributed by atoms with Gasteiger partial charge in [0.2, 0.25) is 0 Å². The minimum Gasteiger partial charge on any atom is -0.444 e. The van der Waals surface area contributed by atoms with Crippen molar-refractivity contribution in [2.45, 2.75) is 58.4 Å². The Labute approximate surface area is 133 Å². The summed E-state index contributed by atoms with van der Waals surface area (Å²) in [5, 5.41) is 10.2. The molecule has 1 amide bonds. The Morgan fingerprint density at radius 1 is 1.36 bits per heavy atom. The van der Waals surface area contributed by atoms with Gasteiger partial charge in [0.15, 0.2) is 0 Å². The number of nitrogens with zero attached hydrogens (tertiary/aromatic N) is 1. The number of aliphatic hydroxyl groups excluding tert-OH is 1. The van der Waals surface area contributed by atoms with Crippen LogP contribution < -0.4 is 0 Å². The average molecular weight is 305 g/mol. The molecule has 0 saturated heterocycles. The number of amides is 1. The SMILES string of the molecule is C=CC[C@@H](O)[C@H](C)N(Cc1ccccc1)C(=O)OC(C)(C)C. The molecule has 1 aromatic rings. The molecular weight excluding hydrogens is 278 g/mol. The monoisotopic (exact) mass is 305 g/mol. The van der Waals surface area contributed by atoms with Crippen LogP contribution in [0.2, 0.25) is 0 Å². The standard InChI is InChI=1S/C18H27NO3/c1-6-10-16(20)14(2)19(17(21)22-18(3,4)5)13-15-11-8-7-9-12-15/h6-9,11-12,14,16,20H,1,10,13H2,2-5H3/t14-,16+/m0/s1. The van der Waals surface area contributed by atoms with E-state index in [1.54, 1.807) is 11.0 Å². The molecule has 0 heterocycles. The highest BCUT2D eigenvalue weighted by molar-refractivity contribution is 5.68. The van der Waals surface area contributed by atoms with Crippen molar-refractivity contribution in [1.29, 1.82) is 0 Å². The van der Waals surface area contributed by atoms with Gasteiger partial charge in [-0.15, -0.1) is 6.58 Å². The van der Waals surface area contributed by atoms with Crippen LogP contribution in [-0.4, -0.2) is 33.8 Å². The third-order valence-electron chi connectivity index (χ3n) is 3.28. The molecule has 0 bridgehead atoms. The van der Waals surface area contributed by atoms with Gasteiger partial charge in [0.1, 0.15) is 5.60 Å². The lowest BCUT2D eigenvalue weighted by Crippen LogP contribution is -2.46. The molecule has 2 atom stereocenters. The molecule has 0 fully saturated rings. The maximum Gasteiger partial charge on any atom is 0.410 e. The van der Waals surface area contributed by atoms with Crippen LogP contribution in [0, 0.1) is 0 Å². The first-order valence-electron chi connectivity index (χ1n) is 7.57. The van der Waals surface area contributed by atoms with E-state index in [4.69, 9.17) is 4.74 Å². The normalized spacial score (nSPS) is 14.0. The molecule has 0 radical (unpaired) electrons. The van der Waals surface area contributed by atoms with E-state index in [1.807, 2.05) is 58.0 Å². The lowest BCUT2D eigenvalue weighted by molar-refractivity contribution is -0.00431. The maximum absolute atomic E-state index is 12.5. The summed E-state index contributed by atoms with van der Waals surface area (Å²) >= 11 is 0. The van der Waals surface area contributed by atoms with E-state index in [-0.39, 0.29) is 6.04 Å². The van der Waals surface area contributed by atoms with Crippen LogP contribution in [0.5, 0.6) is 0 Å². The van der Waals surface area contributed by atoms with E-state index in [9.17, 15) is 9.90 Å². The first-order chi connectivity index (χ1) is 10.2. The topological polar surface area (TPSA) is 49.8 Å². The van der Waals surface area contributed by atoms with Crippen LogP contribution in [-0.2, 0) is 11.3 Å². The van der Waals surface area contributed by atoms with Gasteiger partial charge in [-0.3, -0.25) is 4.90 Å². The molecule has 0 spiro atoms. The molecule has 4 nitrogen and oxygen atoms in total. The van der Waals surface area contributed by atoms with Gasteiger partial charge in [0, 0.05) is 6.54 Å². The molecule has 22 heavy (non-hydrogen) atoms. The molecule has 0 aliphatic rings. The molecule has 1 rings (SSSR count). The van der Waals surface area contributed by atoms with Gasteiger partial charge < -0.3 is 9.84 Å². The third kappa shape index (κ3) is 5.90. The molecule has 4 heteroatoms. The van der Waals surface area contributed by atoms with Crippen LogP contribution in [0.3, 0.4) is 0 Å². The third-order valence-corrected chi connectivity index (χ3v) is 3.28. The highest BCUT2D eigenvalue weighted by Crippen LogP contribution is 2.18. The van der Waals surface area contributed by atoms with Crippen LogP contribution in [0.25, 0.3) is 0 Å². The molecular formula is C18H27NO3. The largest absolute Gasteiger partial charge is 0.444 e. The molecule has 1 aromatic carbocycles. The van der Waals surface area contributed by atoms with E-state index in [0.29, 0.717) is 13.0 Å². The van der Waals surface area contributed by atoms with Gasteiger partial charge in [0.25, 0.3) is 0 Å². The first-order valence-corrected chi connectivity index (χ1v) is 7.57. The van der Waals surface area contributed by atoms with Crippen molar-refractivity contribution in [1.82, 2.24) is 4.90 Å². The highest BCUT2D eigenvalue weighted by atomic mass is 16.6. The number of aliphatic hydroxyl groups is 1. The van der Waals surface area contributed by atoms with Gasteiger partial charge in [-0.2, -0.15) is 0 Å². The predicted octanol–water partition coefficient (Wildman–Crippen LogP) is 3.75. The fourth-order valence-corrected chi connectivity index (χ4v) is 2.05. The Morgan fingerprint density at radius 3 is 2.45 bits per heavy atom. The molecule has 0 saturated carbocycles. The molecule has 0 unspecified atom stereocenters. The summed E-state index contributed by atoms with van der Waals surface area (Å²) in [5.74, 6) is 0. The first kappa shape index (κ1) is 18.2. The predicted molar refractivity (Wildman–Crippen MR) is 88.5 cm³/mol. The summed E-state index contributed by atoms with van der Waals surface area (Å²) in [6.45, 7) is 11.3. The second-order valence-corrected chi connectivity index (χ2v) is 6.43. The van der Waals surface area contributed by atoms with E-state index >= 15 is 0 Å². The Hall–Kier alpha value is -1.81. The number of hydrogen-bond donors (Lipinski definition) is 1. The number of benzene rings is 1. The van der Waals surface area contributed by atoms with E-state index in [2.05, 4.69) is 6.58 Å². The van der Waals surface area contributed by atoms with Gasteiger partial charge in [-0.25, -0.2) is 4.79 Å². The zero-order valence-corrected chi connectivity index (χ0v) is 14.0. The van der Waals surface area contributed by atoms with Gasteiger partial charge in [-0.05, 0) is 39.7 Å². The van der Waals surface area contributed by atoms with Crippen LogP contribution >= 0.6 is 0 Å². The van der Waals surface area contributed by atoms with Gasteiger partial charge >= 0.3 is 6.09 Å². The van der Waals surface area contributed by atoms with E-state index in [0.717, 1.165) is 5.56 Å². The molecule has 0 aliphatic carbocycles. The Bertz CT molecular complexity index is 479. The van der Waals surface area contributed by atoms with Crippen molar-refractivity contribution in [3.8, 4) is 0 Å². The number of hydrogen-bond acceptors (Lipinski definition) is 3. The molecule has 0 aliphatic heterocycles. The Balaban J connectivity index is 2.93. The Morgan fingerprint density at radius 2 is 1.95 bits per heavy atom. The lowest BCUT2D eigenvalue weighted by Gasteiger charge is -2.34. The van der Waals surface area contributed by atoms with Crippen molar-refractivity contribution in [3.63, 3.8) is 0 Å². The number of carbonyl (C=O) groups is 1. The fourth-order valence-electron chi connectivity index (χ4n) is 2.05. The summed E-state index contributed by atoms with van der Waals surface area (Å²) < 4.78 is 5.47. The van der Waals surface area contributed by atoms with Crippen LogP contribution in [0.4, 0.5) is 4.79 Å². The quantitative estimate of drug-likeness (QED) is 0.814. The zero-order chi connectivity index (χ0) is 16.8. The smallest absolute Gasteiger partial charge is 0.410 e. The summed E-state index contributed by atoms with van der Waals surface area (Å²) in [5.41, 5.74) is 0.417. The van der Waals surface area contributed by atoms with Crippen molar-refractivity contribution < 1.29 is 14.6 Å². The number of rotatable bonds is 6. The molecule has 122 valence electrons. The second kappa shape index (κ2) is 7.99. The molecule has 0 aromatic heterocycles. The number of carbonyl (C=O) groups excluding carboxylic acids is 1. The number of ether oxygens (including phenoxy) is 1. The van der Waals surface area contributed by atoms with Gasteiger partial charge in [-0.1, -0.05) is 36.4 Å². The Kier molecular flexibility index (Phi) is 6.62. The summed E-state index contributed by atoms with van der Waals surface area (Å²) in [4.78, 5) is 14.0. The van der Waals surface area contributed by atoms with Crippen molar-refractivity contribution in [2.24, 2.45) is 0 Å². The fraction of sp³-hybridized carbons (Fsp3) is 0.500. The highest BCUT2D eigenvalue weighted by Gasteiger charge is 2.29. The van der Waals surface area contributed by atoms with Crippen LogP contribution in [0.15, 0.2) is 43.0 Å². The zero-order valence-electron chi connectivity index (χ0n) is 14.0. The summed E-state index contributed by atoms with van der Waals surface area (Å²) in [6, 6.07) is 9.31.